The van der Waals surface area contributed by atoms with Crippen LogP contribution in [0.3, 0.4) is 0 Å². The Morgan fingerprint density at radius 1 is 1.82 bits per heavy atom. The van der Waals surface area contributed by atoms with Crippen molar-refractivity contribution >= 4 is 12.2 Å². The molecule has 0 fully saturated rings. The minimum Gasteiger partial charge on any atom is -0.481 e. The van der Waals surface area contributed by atoms with Gasteiger partial charge in [0, 0.05) is 6.42 Å². The average molecular weight is 158 g/mol. The van der Waals surface area contributed by atoms with Crippen LogP contribution in [0.15, 0.2) is 5.10 Å². The van der Waals surface area contributed by atoms with E-state index in [4.69, 9.17) is 9.94 Å². The summed E-state index contributed by atoms with van der Waals surface area (Å²) in [6.07, 6.45) is 2.36. The van der Waals surface area contributed by atoms with Crippen LogP contribution < -0.4 is 0 Å². The smallest absolute Gasteiger partial charge is 0.303 e. The molecule has 0 aliphatic carbocycles. The largest absolute Gasteiger partial charge is 0.481 e. The molecule has 11 heavy (non-hydrogen) atoms. The molecule has 0 spiro atoms. The first kappa shape index (κ1) is 8.00. The highest BCUT2D eigenvalue weighted by molar-refractivity contribution is 5.66. The van der Waals surface area contributed by atoms with Crippen molar-refractivity contribution in [1.29, 1.82) is 0 Å². The predicted octanol–water partition coefficient (Wildman–Crippen LogP) is 0.0842. The fourth-order valence-electron chi connectivity index (χ4n) is 0.765. The van der Waals surface area contributed by atoms with Crippen molar-refractivity contribution < 1.29 is 14.7 Å². The number of rotatable bonds is 4. The third-order valence-electron chi connectivity index (χ3n) is 1.25. The molecular weight excluding hydrogens is 148 g/mol. The van der Waals surface area contributed by atoms with Gasteiger partial charge in [0.2, 0.25) is 0 Å². The molecule has 1 rings (SSSR count). The number of hydrazone groups is 1. The fourth-order valence-corrected chi connectivity index (χ4v) is 0.765. The molecule has 0 saturated heterocycles. The molecule has 0 saturated carbocycles. The lowest BCUT2D eigenvalue weighted by molar-refractivity contribution is -0.140. The maximum atomic E-state index is 10.1. The Bertz CT molecular complexity index is 169. The van der Waals surface area contributed by atoms with Crippen LogP contribution in [-0.2, 0) is 9.63 Å². The van der Waals surface area contributed by atoms with Gasteiger partial charge in [-0.05, 0) is 6.42 Å². The van der Waals surface area contributed by atoms with E-state index in [1.165, 1.54) is 5.17 Å². The van der Waals surface area contributed by atoms with Crippen LogP contribution in [0.5, 0.6) is 0 Å². The molecule has 5 heteroatoms. The number of carboxylic acids is 1. The predicted molar refractivity (Wildman–Crippen MR) is 38.0 cm³/mol. The van der Waals surface area contributed by atoms with E-state index in [0.29, 0.717) is 19.6 Å². The van der Waals surface area contributed by atoms with Crippen molar-refractivity contribution in [3.63, 3.8) is 0 Å². The zero-order chi connectivity index (χ0) is 8.10. The third kappa shape index (κ3) is 2.99. The molecule has 0 atom stereocenters. The first-order valence-corrected chi connectivity index (χ1v) is 3.44. The summed E-state index contributed by atoms with van der Waals surface area (Å²) in [6.45, 7) is 1.04. The fraction of sp³-hybridized carbons (Fsp3) is 0.667. The highest BCUT2D eigenvalue weighted by atomic mass is 16.7. The maximum Gasteiger partial charge on any atom is 0.303 e. The summed E-state index contributed by atoms with van der Waals surface area (Å²) < 4.78 is 0. The molecule has 5 nitrogen and oxygen atoms in total. The molecule has 0 radical (unpaired) electrons. The van der Waals surface area contributed by atoms with E-state index in [-0.39, 0.29) is 6.42 Å². The molecule has 0 aromatic carbocycles. The molecule has 0 amide bonds. The van der Waals surface area contributed by atoms with E-state index in [2.05, 4.69) is 5.10 Å². The van der Waals surface area contributed by atoms with Crippen LogP contribution in [0.25, 0.3) is 0 Å². The molecular formula is C6H10N2O3. The van der Waals surface area contributed by atoms with E-state index >= 15 is 0 Å². The lowest BCUT2D eigenvalue weighted by Gasteiger charge is -2.10. The topological polar surface area (TPSA) is 62.1 Å². The standard InChI is InChI=1S/C6H10N2O3/c9-6(10)2-1-4-8-7-3-5-11-8/h3H,1-2,4-5H2,(H,9,10). The summed E-state index contributed by atoms with van der Waals surface area (Å²) in [5, 5.41) is 13.5. The molecule has 1 aliphatic heterocycles. The van der Waals surface area contributed by atoms with Gasteiger partial charge in [-0.2, -0.15) is 10.3 Å². The lowest BCUT2D eigenvalue weighted by atomic mass is 10.3. The summed E-state index contributed by atoms with van der Waals surface area (Å²) in [5.41, 5.74) is 0. The van der Waals surface area contributed by atoms with Crippen molar-refractivity contribution in [2.24, 2.45) is 5.10 Å². The summed E-state index contributed by atoms with van der Waals surface area (Å²) in [6, 6.07) is 0. The Hall–Kier alpha value is -1.10. The Kier molecular flexibility index (Phi) is 2.85. The first-order chi connectivity index (χ1) is 5.29. The number of carboxylic acid groups (broad SMARTS) is 1. The second-order valence-corrected chi connectivity index (χ2v) is 2.17. The van der Waals surface area contributed by atoms with Gasteiger partial charge in [0.05, 0.1) is 12.8 Å². The Morgan fingerprint density at radius 2 is 2.64 bits per heavy atom. The van der Waals surface area contributed by atoms with Crippen molar-refractivity contribution in [2.45, 2.75) is 12.8 Å². The zero-order valence-electron chi connectivity index (χ0n) is 6.06. The quantitative estimate of drug-likeness (QED) is 0.629. The summed E-state index contributed by atoms with van der Waals surface area (Å²) >= 11 is 0. The first-order valence-electron chi connectivity index (χ1n) is 3.44. The second kappa shape index (κ2) is 3.92. The number of hydroxylamine groups is 1. The molecule has 0 unspecified atom stereocenters. The summed E-state index contributed by atoms with van der Waals surface area (Å²) in [4.78, 5) is 15.0. The van der Waals surface area contributed by atoms with E-state index in [0.717, 1.165) is 0 Å². The van der Waals surface area contributed by atoms with Crippen molar-refractivity contribution in [3.05, 3.63) is 0 Å². The Labute approximate surface area is 64.2 Å². The lowest BCUT2D eigenvalue weighted by Crippen LogP contribution is -2.15. The highest BCUT2D eigenvalue weighted by Gasteiger charge is 2.06. The van der Waals surface area contributed by atoms with Crippen LogP contribution >= 0.6 is 0 Å². The van der Waals surface area contributed by atoms with E-state index in [1.54, 1.807) is 6.21 Å². The van der Waals surface area contributed by atoms with Crippen LogP contribution in [0.4, 0.5) is 0 Å². The van der Waals surface area contributed by atoms with Crippen molar-refractivity contribution in [2.75, 3.05) is 13.2 Å². The average Bonchev–Trinajstić information content (AvgIpc) is 2.39. The molecule has 1 heterocycles. The van der Waals surface area contributed by atoms with Gasteiger partial charge < -0.3 is 5.11 Å². The molecule has 0 aromatic heterocycles. The molecule has 62 valence electrons. The molecule has 0 aromatic rings. The number of hydrogen-bond acceptors (Lipinski definition) is 4. The van der Waals surface area contributed by atoms with Gasteiger partial charge in [0.1, 0.15) is 6.61 Å². The normalized spacial score (nSPS) is 15.8. The summed E-state index contributed by atoms with van der Waals surface area (Å²) in [7, 11) is 0. The van der Waals surface area contributed by atoms with Gasteiger partial charge in [-0.3, -0.25) is 9.63 Å². The number of aliphatic carboxylic acids is 1. The van der Waals surface area contributed by atoms with Crippen molar-refractivity contribution in [3.8, 4) is 0 Å². The van der Waals surface area contributed by atoms with Crippen LogP contribution in [-0.4, -0.2) is 35.6 Å². The molecule has 0 bridgehead atoms. The monoisotopic (exact) mass is 158 g/mol. The van der Waals surface area contributed by atoms with Crippen LogP contribution in [0, 0.1) is 0 Å². The Balaban J connectivity index is 2.03. The number of carbonyl (C=O) groups is 1. The minimum absolute atomic E-state index is 0.162. The maximum absolute atomic E-state index is 10.1. The second-order valence-electron chi connectivity index (χ2n) is 2.17. The van der Waals surface area contributed by atoms with E-state index < -0.39 is 5.97 Å². The SMILES string of the molecule is O=C(O)CCCN1N=CCO1. The van der Waals surface area contributed by atoms with Gasteiger partial charge in [0.15, 0.2) is 0 Å². The zero-order valence-corrected chi connectivity index (χ0v) is 6.06. The highest BCUT2D eigenvalue weighted by Crippen LogP contribution is 2.00. The van der Waals surface area contributed by atoms with Crippen molar-refractivity contribution in [1.82, 2.24) is 5.17 Å². The molecule has 1 aliphatic rings. The molecule has 1 N–H and O–H groups in total. The van der Waals surface area contributed by atoms with E-state index in [1.807, 2.05) is 0 Å². The number of hydrogen-bond donors (Lipinski definition) is 1. The summed E-state index contributed by atoms with van der Waals surface area (Å²) in [5.74, 6) is -0.784. The minimum atomic E-state index is -0.784. The van der Waals surface area contributed by atoms with Gasteiger partial charge >= 0.3 is 5.97 Å². The van der Waals surface area contributed by atoms with Gasteiger partial charge in [-0.1, -0.05) is 0 Å². The van der Waals surface area contributed by atoms with Gasteiger partial charge in [-0.15, -0.1) is 0 Å². The van der Waals surface area contributed by atoms with Crippen LogP contribution in [0.1, 0.15) is 12.8 Å². The number of nitrogens with zero attached hydrogens (tertiary/aromatic N) is 2. The third-order valence-corrected chi connectivity index (χ3v) is 1.25. The van der Waals surface area contributed by atoms with Gasteiger partial charge in [-0.25, -0.2) is 0 Å². The van der Waals surface area contributed by atoms with E-state index in [9.17, 15) is 4.79 Å². The van der Waals surface area contributed by atoms with Crippen LogP contribution in [0.2, 0.25) is 0 Å². The van der Waals surface area contributed by atoms with Gasteiger partial charge in [0.25, 0.3) is 0 Å². The Morgan fingerprint density at radius 3 is 3.18 bits per heavy atom.